The predicted octanol–water partition coefficient (Wildman–Crippen LogP) is 3.82. The molecule has 10 heteroatoms. The van der Waals surface area contributed by atoms with Gasteiger partial charge in [-0.1, -0.05) is 30.5 Å². The third-order valence-electron chi connectivity index (χ3n) is 6.85. The first-order chi connectivity index (χ1) is 15.8. The van der Waals surface area contributed by atoms with Gasteiger partial charge in [0.1, 0.15) is 0 Å². The molecule has 3 aliphatic rings. The van der Waals surface area contributed by atoms with Gasteiger partial charge < -0.3 is 4.90 Å². The van der Waals surface area contributed by atoms with Crippen molar-refractivity contribution in [2.45, 2.75) is 38.1 Å². The number of barbiturate groups is 1. The second-order valence-electron chi connectivity index (χ2n) is 8.66. The van der Waals surface area contributed by atoms with Crippen LogP contribution in [0.5, 0.6) is 0 Å². The van der Waals surface area contributed by atoms with Crippen LogP contribution in [-0.2, 0) is 16.0 Å². The second kappa shape index (κ2) is 7.84. The number of non-ortho nitro benzene ring substituents is 1. The van der Waals surface area contributed by atoms with E-state index < -0.39 is 34.2 Å². The molecular weight excluding hydrogens is 448 g/mol. The number of nitro groups is 1. The third-order valence-corrected chi connectivity index (χ3v) is 7.09. The molecular formula is C23H21ClN4O5. The van der Waals surface area contributed by atoms with Crippen molar-refractivity contribution in [3.05, 3.63) is 63.2 Å². The SMILES string of the molecule is O=C1NC(=O)[C@@]2(Cc3cc([N+](=O)[O-])ccc3N3CCCCC[C@H]32)C(=O)N1c1cccc(Cl)c1. The van der Waals surface area contributed by atoms with Gasteiger partial charge in [0.05, 0.1) is 16.7 Å². The Morgan fingerprint density at radius 2 is 1.91 bits per heavy atom. The molecule has 1 N–H and O–H groups in total. The molecule has 0 saturated carbocycles. The van der Waals surface area contributed by atoms with Crippen LogP contribution in [0.1, 0.15) is 31.2 Å². The Bertz CT molecular complexity index is 1200. The van der Waals surface area contributed by atoms with Crippen LogP contribution >= 0.6 is 11.6 Å². The van der Waals surface area contributed by atoms with Crippen molar-refractivity contribution in [2.75, 3.05) is 16.3 Å². The molecule has 3 heterocycles. The Morgan fingerprint density at radius 3 is 2.67 bits per heavy atom. The molecule has 4 amide bonds. The molecule has 3 aliphatic heterocycles. The maximum atomic E-state index is 14.1. The number of urea groups is 1. The number of halogens is 1. The van der Waals surface area contributed by atoms with E-state index in [2.05, 4.69) is 5.32 Å². The van der Waals surface area contributed by atoms with Gasteiger partial charge in [-0.25, -0.2) is 9.69 Å². The van der Waals surface area contributed by atoms with E-state index >= 15 is 0 Å². The zero-order valence-corrected chi connectivity index (χ0v) is 18.4. The first-order valence-electron chi connectivity index (χ1n) is 10.8. The molecule has 1 spiro atoms. The van der Waals surface area contributed by atoms with E-state index in [1.807, 2.05) is 4.90 Å². The molecule has 0 aromatic heterocycles. The van der Waals surface area contributed by atoms with Crippen LogP contribution in [0.2, 0.25) is 5.02 Å². The molecule has 2 aromatic rings. The number of nitrogens with zero attached hydrogens (tertiary/aromatic N) is 3. The standard InChI is InChI=1S/C23H21ClN4O5/c24-15-5-4-6-16(12-15)27-21(30)23(20(29)25-22(27)31)13-14-11-17(28(32)33)8-9-18(14)26-10-3-1-2-7-19(23)26/h4-6,8-9,11-12,19H,1-3,7,10,13H2,(H,25,29,31)/t19-,23-/m0/s1. The molecule has 5 rings (SSSR count). The summed E-state index contributed by atoms with van der Waals surface area (Å²) in [7, 11) is 0. The Labute approximate surface area is 194 Å². The smallest absolute Gasteiger partial charge is 0.335 e. The van der Waals surface area contributed by atoms with E-state index in [-0.39, 0.29) is 17.8 Å². The maximum Gasteiger partial charge on any atom is 0.335 e. The molecule has 2 fully saturated rings. The van der Waals surface area contributed by atoms with E-state index in [0.717, 1.165) is 29.8 Å². The number of anilines is 2. The van der Waals surface area contributed by atoms with Gasteiger partial charge in [0.25, 0.3) is 11.6 Å². The summed E-state index contributed by atoms with van der Waals surface area (Å²) < 4.78 is 0. The van der Waals surface area contributed by atoms with Crippen molar-refractivity contribution < 1.29 is 19.3 Å². The largest absolute Gasteiger partial charge is 0.367 e. The second-order valence-corrected chi connectivity index (χ2v) is 9.09. The molecule has 0 unspecified atom stereocenters. The number of benzene rings is 2. The van der Waals surface area contributed by atoms with Gasteiger partial charge in [-0.05, 0) is 42.7 Å². The number of rotatable bonds is 2. The predicted molar refractivity (Wildman–Crippen MR) is 121 cm³/mol. The molecule has 170 valence electrons. The number of carbonyl (C=O) groups excluding carboxylic acids is 3. The van der Waals surface area contributed by atoms with E-state index in [4.69, 9.17) is 11.6 Å². The average molecular weight is 469 g/mol. The van der Waals surface area contributed by atoms with Crippen LogP contribution in [0.25, 0.3) is 0 Å². The Hall–Kier alpha value is -3.46. The number of hydrogen-bond donors (Lipinski definition) is 1. The van der Waals surface area contributed by atoms with Crippen LogP contribution < -0.4 is 15.1 Å². The van der Waals surface area contributed by atoms with Crippen LogP contribution in [-0.4, -0.2) is 35.4 Å². The van der Waals surface area contributed by atoms with Crippen molar-refractivity contribution >= 4 is 46.5 Å². The minimum absolute atomic E-state index is 0.0276. The van der Waals surface area contributed by atoms with Gasteiger partial charge in [-0.3, -0.25) is 25.0 Å². The highest BCUT2D eigenvalue weighted by Crippen LogP contribution is 2.48. The molecule has 0 bridgehead atoms. The number of nitrogens with one attached hydrogen (secondary N) is 1. The Balaban J connectivity index is 1.69. The highest BCUT2D eigenvalue weighted by molar-refractivity contribution is 6.33. The van der Waals surface area contributed by atoms with Crippen LogP contribution in [0.4, 0.5) is 21.9 Å². The fourth-order valence-electron chi connectivity index (χ4n) is 5.39. The van der Waals surface area contributed by atoms with Crippen molar-refractivity contribution in [2.24, 2.45) is 5.41 Å². The normalized spacial score (nSPS) is 24.8. The number of imide groups is 2. The van der Waals surface area contributed by atoms with Gasteiger partial charge in [0.2, 0.25) is 5.91 Å². The first-order valence-corrected chi connectivity index (χ1v) is 11.2. The van der Waals surface area contributed by atoms with Crippen LogP contribution in [0, 0.1) is 15.5 Å². The lowest BCUT2D eigenvalue weighted by Gasteiger charge is -2.51. The summed E-state index contributed by atoms with van der Waals surface area (Å²) in [5.74, 6) is -1.29. The van der Waals surface area contributed by atoms with Crippen molar-refractivity contribution in [1.29, 1.82) is 0 Å². The van der Waals surface area contributed by atoms with E-state index in [1.54, 1.807) is 24.3 Å². The quantitative estimate of drug-likeness (QED) is 0.407. The van der Waals surface area contributed by atoms with Gasteiger partial charge >= 0.3 is 6.03 Å². The van der Waals surface area contributed by atoms with Crippen molar-refractivity contribution in [1.82, 2.24) is 5.32 Å². The van der Waals surface area contributed by atoms with Gasteiger partial charge in [0.15, 0.2) is 5.41 Å². The lowest BCUT2D eigenvalue weighted by Crippen LogP contribution is -2.72. The number of hydrogen-bond acceptors (Lipinski definition) is 6. The summed E-state index contributed by atoms with van der Waals surface area (Å²) in [6.45, 7) is 0.614. The summed E-state index contributed by atoms with van der Waals surface area (Å²) in [4.78, 5) is 54.3. The monoisotopic (exact) mass is 468 g/mol. The fourth-order valence-corrected chi connectivity index (χ4v) is 5.57. The molecule has 9 nitrogen and oxygen atoms in total. The van der Waals surface area contributed by atoms with Crippen molar-refractivity contribution in [3.63, 3.8) is 0 Å². The molecule has 2 atom stereocenters. The summed E-state index contributed by atoms with van der Waals surface area (Å²) >= 11 is 6.10. The molecule has 2 aromatic carbocycles. The fraction of sp³-hybridized carbons (Fsp3) is 0.348. The van der Waals surface area contributed by atoms with E-state index in [0.29, 0.717) is 23.6 Å². The lowest BCUT2D eigenvalue weighted by atomic mass is 9.67. The maximum absolute atomic E-state index is 14.1. The molecule has 0 radical (unpaired) electrons. The summed E-state index contributed by atoms with van der Waals surface area (Å²) in [5.41, 5.74) is -0.0929. The van der Waals surface area contributed by atoms with Gasteiger partial charge in [-0.15, -0.1) is 0 Å². The summed E-state index contributed by atoms with van der Waals surface area (Å²) in [6.07, 6.45) is 3.21. The number of amides is 4. The zero-order valence-electron chi connectivity index (χ0n) is 17.6. The average Bonchev–Trinajstić information content (AvgIpc) is 3.04. The topological polar surface area (TPSA) is 113 Å². The minimum Gasteiger partial charge on any atom is -0.367 e. The number of nitro benzene ring substituents is 1. The number of carbonyl (C=O) groups is 3. The lowest BCUT2D eigenvalue weighted by molar-refractivity contribution is -0.384. The Kier molecular flexibility index (Phi) is 5.08. The molecule has 2 saturated heterocycles. The van der Waals surface area contributed by atoms with Crippen LogP contribution in [0.15, 0.2) is 42.5 Å². The zero-order chi connectivity index (χ0) is 23.3. The highest BCUT2D eigenvalue weighted by Gasteiger charge is 2.62. The van der Waals surface area contributed by atoms with Gasteiger partial charge in [0, 0.05) is 35.8 Å². The van der Waals surface area contributed by atoms with E-state index in [9.17, 15) is 24.5 Å². The van der Waals surface area contributed by atoms with Crippen molar-refractivity contribution in [3.8, 4) is 0 Å². The molecule has 33 heavy (non-hydrogen) atoms. The minimum atomic E-state index is -1.59. The first kappa shape index (κ1) is 21.4. The number of fused-ring (bicyclic) bond motifs is 4. The summed E-state index contributed by atoms with van der Waals surface area (Å²) in [6, 6.07) is 9.60. The molecule has 0 aliphatic carbocycles. The summed E-state index contributed by atoms with van der Waals surface area (Å²) in [5, 5.41) is 14.1. The Morgan fingerprint density at radius 1 is 1.09 bits per heavy atom. The highest BCUT2D eigenvalue weighted by atomic mass is 35.5. The van der Waals surface area contributed by atoms with Crippen LogP contribution in [0.3, 0.4) is 0 Å². The van der Waals surface area contributed by atoms with Gasteiger partial charge in [-0.2, -0.15) is 0 Å². The third kappa shape index (κ3) is 3.26. The van der Waals surface area contributed by atoms with E-state index in [1.165, 1.54) is 18.2 Å².